The van der Waals surface area contributed by atoms with E-state index in [0.29, 0.717) is 0 Å². The second-order valence-electron chi connectivity index (χ2n) is 17.9. The van der Waals surface area contributed by atoms with Gasteiger partial charge in [-0.15, -0.1) is 0 Å². The summed E-state index contributed by atoms with van der Waals surface area (Å²) < 4.78 is 12.4. The Morgan fingerprint density at radius 1 is 0.630 bits per heavy atom. The smallest absolute Gasteiger partial charge is 0.250 e. The minimum Gasteiger partial charge on any atom is -0.458 e. The third-order valence-corrected chi connectivity index (χ3v) is 18.6. The van der Waals surface area contributed by atoms with Gasteiger partial charge in [0, 0.05) is 39.6 Å². The fourth-order valence-electron chi connectivity index (χ4n) is 11.0. The molecule has 5 heteroatoms. The minimum absolute atomic E-state index is 0.00390. The fourth-order valence-corrected chi connectivity index (χ4v) is 14.7. The molecule has 4 aliphatic rings. The molecule has 0 bridgehead atoms. The Kier molecular flexibility index (Phi) is 7.04. The van der Waals surface area contributed by atoms with E-state index in [0.717, 1.165) is 30.4 Å². The highest BCUT2D eigenvalue weighted by atomic mass is 28.3. The van der Waals surface area contributed by atoms with Crippen LogP contribution in [0.4, 0.5) is 0 Å². The van der Waals surface area contributed by atoms with Crippen molar-refractivity contribution in [2.75, 3.05) is 0 Å². The SMILES string of the molecule is CC[Si]1(C)c2cc(-n3c4c(c5ccccc53)CCCC4)ccc2B2c3ccc(-n4c5c(c6ccccc64)CCCC5)cc3Oc3cc(C(C)(C)C)cc1c32. The van der Waals surface area contributed by atoms with Crippen molar-refractivity contribution < 1.29 is 4.74 Å². The summed E-state index contributed by atoms with van der Waals surface area (Å²) in [4.78, 5) is 0. The third-order valence-electron chi connectivity index (χ3n) is 13.9. The van der Waals surface area contributed by atoms with E-state index in [1.165, 1.54) is 111 Å². The first-order chi connectivity index (χ1) is 26.2. The molecule has 0 radical (unpaired) electrons. The van der Waals surface area contributed by atoms with Crippen LogP contribution in [0.25, 0.3) is 33.2 Å². The van der Waals surface area contributed by atoms with Crippen LogP contribution in [0.3, 0.4) is 0 Å². The van der Waals surface area contributed by atoms with Gasteiger partial charge in [0.2, 0.25) is 0 Å². The van der Waals surface area contributed by atoms with Gasteiger partial charge < -0.3 is 13.9 Å². The Labute approximate surface area is 321 Å². The van der Waals surface area contributed by atoms with Gasteiger partial charge in [-0.25, -0.2) is 0 Å². The Bertz CT molecular complexity index is 2710. The van der Waals surface area contributed by atoms with E-state index < -0.39 is 8.07 Å². The predicted octanol–water partition coefficient (Wildman–Crippen LogP) is 8.78. The molecule has 4 heterocycles. The molecule has 0 saturated carbocycles. The van der Waals surface area contributed by atoms with Crippen LogP contribution in [0.15, 0.2) is 97.1 Å². The number of benzene rings is 5. The van der Waals surface area contributed by atoms with Crippen molar-refractivity contribution in [3.8, 4) is 22.9 Å². The second-order valence-corrected chi connectivity index (χ2v) is 22.3. The zero-order valence-corrected chi connectivity index (χ0v) is 33.5. The zero-order chi connectivity index (χ0) is 36.5. The lowest BCUT2D eigenvalue weighted by Crippen LogP contribution is -2.78. The summed E-state index contributed by atoms with van der Waals surface area (Å²) in [6.45, 7) is 12.3. The van der Waals surface area contributed by atoms with Gasteiger partial charge in [0.25, 0.3) is 6.71 Å². The molecule has 11 rings (SSSR count). The predicted molar refractivity (Wildman–Crippen MR) is 231 cm³/mol. The van der Waals surface area contributed by atoms with Crippen LogP contribution in [0.2, 0.25) is 12.6 Å². The molecule has 2 aliphatic heterocycles. The summed E-state index contributed by atoms with van der Waals surface area (Å²) in [5, 5.41) is 6.02. The van der Waals surface area contributed by atoms with E-state index in [9.17, 15) is 0 Å². The molecule has 0 fully saturated rings. The van der Waals surface area contributed by atoms with Crippen molar-refractivity contribution >= 4 is 63.4 Å². The summed E-state index contributed by atoms with van der Waals surface area (Å²) in [5.41, 5.74) is 16.9. The van der Waals surface area contributed by atoms with Gasteiger partial charge in [-0.1, -0.05) is 111 Å². The summed E-state index contributed by atoms with van der Waals surface area (Å²) >= 11 is 0. The van der Waals surface area contributed by atoms with Crippen molar-refractivity contribution in [3.63, 3.8) is 0 Å². The Morgan fingerprint density at radius 2 is 1.20 bits per heavy atom. The van der Waals surface area contributed by atoms with E-state index in [1.807, 2.05) is 0 Å². The normalized spacial score (nSPS) is 18.5. The molecule has 1 unspecified atom stereocenters. The van der Waals surface area contributed by atoms with Gasteiger partial charge in [0.1, 0.15) is 19.6 Å². The van der Waals surface area contributed by atoms with Gasteiger partial charge in [-0.3, -0.25) is 0 Å². The van der Waals surface area contributed by atoms with Crippen LogP contribution in [-0.2, 0) is 31.1 Å². The average molecular weight is 721 g/mol. The maximum Gasteiger partial charge on any atom is 0.250 e. The quantitative estimate of drug-likeness (QED) is 0.167. The zero-order valence-electron chi connectivity index (χ0n) is 32.5. The Morgan fingerprint density at radius 3 is 1.81 bits per heavy atom. The number of hydrogen-bond acceptors (Lipinski definition) is 1. The molecule has 1 atom stereocenters. The van der Waals surface area contributed by atoms with Crippen LogP contribution in [0.1, 0.15) is 81.5 Å². The molecular formula is C49H49BN2OSi. The first-order valence-corrected chi connectivity index (χ1v) is 23.3. The van der Waals surface area contributed by atoms with E-state index in [4.69, 9.17) is 4.74 Å². The number of para-hydroxylation sites is 2. The first kappa shape index (κ1) is 32.7. The maximum atomic E-state index is 7.21. The van der Waals surface area contributed by atoms with Crippen LogP contribution in [0, 0.1) is 0 Å². The first-order valence-electron chi connectivity index (χ1n) is 20.6. The lowest BCUT2D eigenvalue weighted by atomic mass is 9.35. The number of ether oxygens (including phenoxy) is 1. The highest BCUT2D eigenvalue weighted by Gasteiger charge is 2.48. The van der Waals surface area contributed by atoms with Crippen molar-refractivity contribution in [3.05, 3.63) is 125 Å². The van der Waals surface area contributed by atoms with E-state index in [-0.39, 0.29) is 12.1 Å². The molecule has 2 aliphatic carbocycles. The number of nitrogens with zero attached hydrogens (tertiary/aromatic N) is 2. The standard InChI is InChI=1S/C49H49BN2OSi/c1-6-54(5)46-30-33(52-42-21-13-9-17-36(42)37-18-10-14-22-43(37)52)24-26-39(46)50-38-25-23-32(51-40-19-11-7-15-34(40)35-16-8-12-20-41(35)51)29-44(38)53-45-27-31(49(2,3)4)28-47(54)48(45)50/h7,9,11,13,15,17,19,21,23-30H,6,8,10,12,14,16,18,20,22H2,1-5H3. The Balaban J connectivity index is 1.15. The Hall–Kier alpha value is -4.74. The topological polar surface area (TPSA) is 19.1 Å². The van der Waals surface area contributed by atoms with E-state index in [1.54, 1.807) is 15.9 Å². The van der Waals surface area contributed by atoms with Gasteiger partial charge >= 0.3 is 0 Å². The van der Waals surface area contributed by atoms with Crippen molar-refractivity contribution in [2.24, 2.45) is 0 Å². The van der Waals surface area contributed by atoms with Crippen LogP contribution >= 0.6 is 0 Å². The number of aryl methyl sites for hydroxylation is 2. The summed E-state index contributed by atoms with van der Waals surface area (Å²) in [6.07, 6.45) is 9.71. The molecule has 7 aromatic rings. The number of rotatable bonds is 3. The number of hydrogen-bond donors (Lipinski definition) is 0. The summed E-state index contributed by atoms with van der Waals surface area (Å²) in [5.74, 6) is 2.07. The van der Waals surface area contributed by atoms with Crippen LogP contribution < -0.4 is 31.5 Å². The largest absolute Gasteiger partial charge is 0.458 e. The highest BCUT2D eigenvalue weighted by molar-refractivity contribution is 7.15. The fraction of sp³-hybridized carbons (Fsp3) is 0.306. The molecule has 0 spiro atoms. The van der Waals surface area contributed by atoms with Crippen molar-refractivity contribution in [1.82, 2.24) is 9.13 Å². The minimum atomic E-state index is -2.18. The summed E-state index contributed by atoms with van der Waals surface area (Å²) in [7, 11) is -2.18. The maximum absolute atomic E-state index is 7.21. The molecule has 3 nitrogen and oxygen atoms in total. The number of fused-ring (bicyclic) bond motifs is 10. The van der Waals surface area contributed by atoms with Gasteiger partial charge in [-0.2, -0.15) is 0 Å². The van der Waals surface area contributed by atoms with Crippen LogP contribution in [-0.4, -0.2) is 23.9 Å². The van der Waals surface area contributed by atoms with Crippen molar-refractivity contribution in [2.45, 2.75) is 97.1 Å². The second kappa shape index (κ2) is 11.6. The van der Waals surface area contributed by atoms with E-state index in [2.05, 4.69) is 140 Å². The van der Waals surface area contributed by atoms with Gasteiger partial charge in [0.05, 0.1) is 11.0 Å². The molecule has 2 aromatic heterocycles. The molecule has 0 N–H and O–H groups in total. The number of aromatic nitrogens is 2. The monoisotopic (exact) mass is 720 g/mol. The summed E-state index contributed by atoms with van der Waals surface area (Å²) in [6, 6.07) is 39.1. The van der Waals surface area contributed by atoms with Gasteiger partial charge in [-0.05, 0) is 121 Å². The third kappa shape index (κ3) is 4.48. The molecule has 0 saturated heterocycles. The molecule has 5 aromatic carbocycles. The molecule has 0 amide bonds. The highest BCUT2D eigenvalue weighted by Crippen LogP contribution is 2.39. The molecule has 268 valence electrons. The lowest BCUT2D eigenvalue weighted by Gasteiger charge is -2.43. The van der Waals surface area contributed by atoms with Crippen molar-refractivity contribution in [1.29, 1.82) is 0 Å². The lowest BCUT2D eigenvalue weighted by molar-refractivity contribution is 0.483. The van der Waals surface area contributed by atoms with Crippen LogP contribution in [0.5, 0.6) is 11.5 Å². The van der Waals surface area contributed by atoms with Gasteiger partial charge in [0.15, 0.2) is 0 Å². The molecular weight excluding hydrogens is 671 g/mol. The van der Waals surface area contributed by atoms with E-state index >= 15 is 0 Å². The average Bonchev–Trinajstić information content (AvgIpc) is 3.71. The molecule has 54 heavy (non-hydrogen) atoms.